The molecule has 2 aliphatic rings. The number of benzene rings is 1. The summed E-state index contributed by atoms with van der Waals surface area (Å²) in [6, 6.07) is 1.62. The van der Waals surface area contributed by atoms with Crippen LogP contribution in [-0.4, -0.2) is 22.3 Å². The zero-order valence-corrected chi connectivity index (χ0v) is 18.5. The smallest absolute Gasteiger partial charge is 0.354 e. The molecule has 0 radical (unpaired) electrons. The van der Waals surface area contributed by atoms with Crippen LogP contribution in [0.15, 0.2) is 20.8 Å². The molecule has 7 nitrogen and oxygen atoms in total. The Morgan fingerprint density at radius 2 is 1.86 bits per heavy atom. The summed E-state index contributed by atoms with van der Waals surface area (Å²) in [4.78, 5) is 16.9. The highest BCUT2D eigenvalue weighted by molar-refractivity contribution is 7.93. The highest BCUT2D eigenvalue weighted by Gasteiger charge is 2.27. The molecule has 29 heavy (non-hydrogen) atoms. The zero-order chi connectivity index (χ0) is 20.8. The third kappa shape index (κ3) is 3.84. The number of carbonyl (C=O) groups is 1. The lowest BCUT2D eigenvalue weighted by atomic mass is 9.99. The number of anilines is 1. The normalized spacial score (nSPS) is 17.5. The lowest BCUT2D eigenvalue weighted by Gasteiger charge is -2.19. The number of aromatic nitrogens is 1. The summed E-state index contributed by atoms with van der Waals surface area (Å²) in [6.45, 7) is 3.71. The Morgan fingerprint density at radius 1 is 1.24 bits per heavy atom. The molecule has 0 unspecified atom stereocenters. The molecule has 2 amide bonds. The van der Waals surface area contributed by atoms with Gasteiger partial charge in [-0.05, 0) is 74.6 Å². The first-order valence-electron chi connectivity index (χ1n) is 9.75. The number of rotatable bonds is 4. The summed E-state index contributed by atoms with van der Waals surface area (Å²) in [5.41, 5.74) is 5.24. The van der Waals surface area contributed by atoms with E-state index in [-0.39, 0.29) is 4.21 Å². The van der Waals surface area contributed by atoms with Gasteiger partial charge in [0.25, 0.3) is 0 Å². The molecule has 0 saturated heterocycles. The van der Waals surface area contributed by atoms with Crippen LogP contribution in [0.4, 0.5) is 10.5 Å². The van der Waals surface area contributed by atoms with Gasteiger partial charge in [-0.1, -0.05) is 6.07 Å². The molecule has 1 aromatic heterocycles. The fourth-order valence-electron chi connectivity index (χ4n) is 4.03. The second kappa shape index (κ2) is 7.46. The first kappa shape index (κ1) is 20.5. The highest BCUT2D eigenvalue weighted by atomic mass is 32.2. The number of nitrogens with zero attached hydrogens (tertiary/aromatic N) is 2. The first-order chi connectivity index (χ1) is 13.7. The summed E-state index contributed by atoms with van der Waals surface area (Å²) in [6.07, 6.45) is 7.55. The molecule has 2 aliphatic carbocycles. The van der Waals surface area contributed by atoms with Gasteiger partial charge in [0.1, 0.15) is 14.8 Å². The predicted octanol–water partition coefficient (Wildman–Crippen LogP) is 3.93. The van der Waals surface area contributed by atoms with Crippen molar-refractivity contribution in [2.24, 2.45) is 9.50 Å². The van der Waals surface area contributed by atoms with Crippen LogP contribution >= 0.6 is 11.3 Å². The summed E-state index contributed by atoms with van der Waals surface area (Å²) in [7, 11) is -1.81. The van der Waals surface area contributed by atoms with Crippen molar-refractivity contribution < 1.29 is 13.7 Å². The summed E-state index contributed by atoms with van der Waals surface area (Å²) in [5.74, 6) is 0. The molecule has 2 aromatic rings. The van der Waals surface area contributed by atoms with Crippen LogP contribution in [0.5, 0.6) is 0 Å². The SMILES string of the molecule is COC(C)(C)c1ncc([S@@](N)(=O)=NC(=O)Nc2c3c(cc4c2CCC4)CCC3)s1. The topological polar surface area (TPSA) is 107 Å². The minimum Gasteiger partial charge on any atom is -0.372 e. The molecule has 4 rings (SSSR count). The van der Waals surface area contributed by atoms with Crippen LogP contribution in [0.25, 0.3) is 0 Å². The Balaban J connectivity index is 1.63. The van der Waals surface area contributed by atoms with Crippen LogP contribution in [0.2, 0.25) is 0 Å². The number of hydrogen-bond acceptors (Lipinski definition) is 5. The minimum atomic E-state index is -3.39. The van der Waals surface area contributed by atoms with E-state index >= 15 is 0 Å². The number of methoxy groups -OCH3 is 1. The van der Waals surface area contributed by atoms with E-state index in [1.165, 1.54) is 28.5 Å². The van der Waals surface area contributed by atoms with Gasteiger partial charge in [0.2, 0.25) is 0 Å². The predicted molar refractivity (Wildman–Crippen MR) is 115 cm³/mol. The van der Waals surface area contributed by atoms with Crippen LogP contribution in [0, 0.1) is 0 Å². The lowest BCUT2D eigenvalue weighted by Crippen LogP contribution is -2.19. The number of nitrogens with two attached hydrogens (primary N) is 1. The van der Waals surface area contributed by atoms with Gasteiger partial charge < -0.3 is 10.1 Å². The van der Waals surface area contributed by atoms with Crippen molar-refractivity contribution in [2.75, 3.05) is 12.4 Å². The van der Waals surface area contributed by atoms with Crippen molar-refractivity contribution >= 4 is 33.0 Å². The van der Waals surface area contributed by atoms with Crippen LogP contribution in [-0.2, 0) is 45.9 Å². The van der Waals surface area contributed by atoms with Gasteiger partial charge >= 0.3 is 6.03 Å². The van der Waals surface area contributed by atoms with E-state index in [1.807, 2.05) is 13.8 Å². The van der Waals surface area contributed by atoms with Gasteiger partial charge in [-0.15, -0.1) is 15.7 Å². The van der Waals surface area contributed by atoms with Gasteiger partial charge in [0.15, 0.2) is 9.92 Å². The number of urea groups is 1. The maximum atomic E-state index is 13.0. The van der Waals surface area contributed by atoms with Crippen molar-refractivity contribution in [2.45, 2.75) is 62.2 Å². The number of carbonyl (C=O) groups excluding carboxylic acids is 1. The Hall–Kier alpha value is -1.81. The second-order valence-electron chi connectivity index (χ2n) is 8.02. The number of thiazole rings is 1. The molecule has 0 saturated carbocycles. The zero-order valence-electron chi connectivity index (χ0n) is 16.9. The third-order valence-corrected chi connectivity index (χ3v) is 8.90. The molecule has 9 heteroatoms. The van der Waals surface area contributed by atoms with Gasteiger partial charge in [-0.2, -0.15) is 0 Å². The van der Waals surface area contributed by atoms with Gasteiger partial charge in [0.05, 0.1) is 6.20 Å². The maximum Gasteiger partial charge on any atom is 0.354 e. The van der Waals surface area contributed by atoms with E-state index in [1.54, 1.807) is 7.11 Å². The molecule has 156 valence electrons. The van der Waals surface area contributed by atoms with E-state index < -0.39 is 21.5 Å². The summed E-state index contributed by atoms with van der Waals surface area (Å²) >= 11 is 1.15. The largest absolute Gasteiger partial charge is 0.372 e. The fraction of sp³-hybridized carbons (Fsp3) is 0.500. The molecule has 0 bridgehead atoms. The van der Waals surface area contributed by atoms with Gasteiger partial charge in [0, 0.05) is 12.8 Å². The van der Waals surface area contributed by atoms with Crippen molar-refractivity contribution in [1.82, 2.24) is 4.98 Å². The molecular weight excluding hydrogens is 408 g/mol. The quantitative estimate of drug-likeness (QED) is 0.760. The van der Waals surface area contributed by atoms with E-state index in [4.69, 9.17) is 9.88 Å². The maximum absolute atomic E-state index is 13.0. The summed E-state index contributed by atoms with van der Waals surface area (Å²) < 4.78 is 22.5. The fourth-order valence-corrected chi connectivity index (χ4v) is 6.17. The number of hydrogen-bond donors (Lipinski definition) is 2. The lowest BCUT2D eigenvalue weighted by molar-refractivity contribution is 0.0190. The Bertz CT molecular complexity index is 1070. The second-order valence-corrected chi connectivity index (χ2v) is 11.1. The monoisotopic (exact) mass is 434 g/mol. The van der Waals surface area contributed by atoms with Crippen LogP contribution < -0.4 is 10.5 Å². The minimum absolute atomic E-state index is 0.260. The van der Waals surface area contributed by atoms with Gasteiger partial charge in [-0.25, -0.2) is 19.1 Å². The van der Waals surface area contributed by atoms with E-state index in [2.05, 4.69) is 20.7 Å². The average Bonchev–Trinajstić information content (AvgIpc) is 3.40. The molecule has 3 N–H and O–H groups in total. The molecule has 0 fully saturated rings. The number of fused-ring (bicyclic) bond motifs is 2. The molecule has 0 spiro atoms. The average molecular weight is 435 g/mol. The van der Waals surface area contributed by atoms with Crippen LogP contribution in [0.3, 0.4) is 0 Å². The molecule has 1 atom stereocenters. The standard InChI is InChI=1S/C20H26N4O3S2/c1-20(2,27-3)18-22-11-16(28-18)29(21,26)24-19(25)23-17-14-8-4-6-12(14)10-13-7-5-9-15(13)17/h10-11H,4-9H2,1-3H3,(H3,21,23,24,25,26)/t29-/m0/s1. The summed E-state index contributed by atoms with van der Waals surface area (Å²) in [5, 5.41) is 9.48. The van der Waals surface area contributed by atoms with Crippen molar-refractivity contribution in [3.8, 4) is 0 Å². The molecular formula is C20H26N4O3S2. The molecule has 0 aliphatic heterocycles. The van der Waals surface area contributed by atoms with E-state index in [0.29, 0.717) is 5.01 Å². The number of amides is 2. The third-order valence-electron chi connectivity index (χ3n) is 5.72. The van der Waals surface area contributed by atoms with Gasteiger partial charge in [-0.3, -0.25) is 0 Å². The van der Waals surface area contributed by atoms with Crippen LogP contribution in [0.1, 0.15) is 54.0 Å². The Labute approximate surface area is 175 Å². The Kier molecular flexibility index (Phi) is 5.27. The van der Waals surface area contributed by atoms with E-state index in [9.17, 15) is 9.00 Å². The van der Waals surface area contributed by atoms with Crippen molar-refractivity contribution in [1.29, 1.82) is 0 Å². The molecule has 1 aromatic carbocycles. The van der Waals surface area contributed by atoms with Crippen molar-refractivity contribution in [3.05, 3.63) is 39.5 Å². The first-order valence-corrected chi connectivity index (χ1v) is 12.1. The molecule has 1 heterocycles. The number of aryl methyl sites for hydroxylation is 2. The van der Waals surface area contributed by atoms with E-state index in [0.717, 1.165) is 55.5 Å². The van der Waals surface area contributed by atoms with Crippen molar-refractivity contribution in [3.63, 3.8) is 0 Å². The highest BCUT2D eigenvalue weighted by Crippen LogP contribution is 2.38. The Morgan fingerprint density at radius 3 is 2.45 bits per heavy atom. The number of nitrogens with one attached hydrogen (secondary N) is 1. The number of ether oxygens (including phenoxy) is 1.